The van der Waals surface area contributed by atoms with Gasteiger partial charge in [-0.3, -0.25) is 4.79 Å². The number of fused-ring (bicyclic) bond motifs is 2. The lowest BCUT2D eigenvalue weighted by Crippen LogP contribution is -2.46. The number of thiophene rings is 1. The molecule has 1 aliphatic heterocycles. The molecule has 0 aliphatic carbocycles. The Kier molecular flexibility index (Phi) is 8.12. The van der Waals surface area contributed by atoms with E-state index in [-0.39, 0.29) is 22.7 Å². The maximum atomic E-state index is 13.7. The van der Waals surface area contributed by atoms with E-state index >= 15 is 0 Å². The van der Waals surface area contributed by atoms with E-state index in [1.807, 2.05) is 44.2 Å². The third-order valence-corrected chi connectivity index (χ3v) is 10.2. The number of aliphatic hydroxyl groups excluding tert-OH is 1. The van der Waals surface area contributed by atoms with Crippen molar-refractivity contribution in [2.24, 2.45) is 5.92 Å². The summed E-state index contributed by atoms with van der Waals surface area (Å²) in [6, 6.07) is 13.4. The number of amides is 1. The molecule has 3 heterocycles. The topological polar surface area (TPSA) is 115 Å². The summed E-state index contributed by atoms with van der Waals surface area (Å²) in [6.45, 7) is 12.1. The van der Waals surface area contributed by atoms with Crippen molar-refractivity contribution in [3.05, 3.63) is 59.2 Å². The molecule has 8 nitrogen and oxygen atoms in total. The minimum Gasteiger partial charge on any atom is -0.493 e. The molecule has 2 aromatic heterocycles. The number of nitrogens with zero attached hydrogens (tertiary/aromatic N) is 1. The zero-order chi connectivity index (χ0) is 30.4. The molecule has 42 heavy (non-hydrogen) atoms. The highest BCUT2D eigenvalue weighted by Gasteiger charge is 2.39. The monoisotopic (exact) mass is 610 g/mol. The van der Waals surface area contributed by atoms with E-state index in [1.165, 1.54) is 0 Å². The third kappa shape index (κ3) is 6.32. The zero-order valence-electron chi connectivity index (χ0n) is 24.9. The van der Waals surface area contributed by atoms with Crippen LogP contribution in [-0.4, -0.2) is 54.6 Å². The number of hydrogen-bond acceptors (Lipinski definition) is 8. The summed E-state index contributed by atoms with van der Waals surface area (Å²) in [5.74, 6) is -0.688. The molecule has 1 saturated heterocycles. The normalized spacial score (nSPS) is 17.0. The smallest absolute Gasteiger partial charge is 0.265 e. The Balaban J connectivity index is 1.63. The predicted octanol–water partition coefficient (Wildman–Crippen LogP) is 6.15. The number of ether oxygens (including phenoxy) is 2. The molecule has 2 N–H and O–H groups in total. The van der Waals surface area contributed by atoms with Crippen LogP contribution in [0, 0.1) is 19.8 Å². The number of carbonyl (C=O) groups is 1. The van der Waals surface area contributed by atoms with Gasteiger partial charge in [0.25, 0.3) is 5.91 Å². The number of aromatic nitrogens is 1. The number of aliphatic hydroxyl groups is 1. The Bertz CT molecular complexity index is 1760. The van der Waals surface area contributed by atoms with Crippen LogP contribution in [0.3, 0.4) is 0 Å². The molecule has 1 aliphatic rings. The summed E-state index contributed by atoms with van der Waals surface area (Å²) < 4.78 is 41.0. The molecule has 0 radical (unpaired) electrons. The Morgan fingerprint density at radius 1 is 1.12 bits per heavy atom. The molecule has 0 atom stereocenters. The first kappa shape index (κ1) is 30.4. The van der Waals surface area contributed by atoms with E-state index < -0.39 is 28.3 Å². The summed E-state index contributed by atoms with van der Waals surface area (Å²) >= 11 is 1.58. The highest BCUT2D eigenvalue weighted by atomic mass is 32.2. The Morgan fingerprint density at radius 3 is 2.48 bits per heavy atom. The first-order chi connectivity index (χ1) is 19.7. The quantitative estimate of drug-likeness (QED) is 0.246. The highest BCUT2D eigenvalue weighted by molar-refractivity contribution is 7.90. The van der Waals surface area contributed by atoms with Crippen molar-refractivity contribution in [1.82, 2.24) is 9.71 Å². The molecule has 1 fully saturated rings. The standard InChI is InChI=1S/C32H38N2O6S2/c1-19-11-12-25(39-18-21-16-31(3,4)40-32(5,6)17-21)27-23(30(36)34-42(37,38)14-13-35)15-24(33-28(19)27)29-20(2)22-9-7-8-10-26(22)41-29/h7-12,15,21,35H,13-14,16-18H2,1-6H3,(H,34,36). The van der Waals surface area contributed by atoms with Crippen molar-refractivity contribution in [2.45, 2.75) is 65.6 Å². The third-order valence-electron chi connectivity index (χ3n) is 7.64. The van der Waals surface area contributed by atoms with Gasteiger partial charge in [-0.05, 0) is 95.0 Å². The molecule has 5 rings (SSSR count). The van der Waals surface area contributed by atoms with Crippen LogP contribution < -0.4 is 9.46 Å². The number of rotatable bonds is 8. The maximum Gasteiger partial charge on any atom is 0.265 e. The van der Waals surface area contributed by atoms with Gasteiger partial charge in [-0.2, -0.15) is 0 Å². The molecule has 0 spiro atoms. The predicted molar refractivity (Wildman–Crippen MR) is 168 cm³/mol. The molecule has 2 aromatic carbocycles. The van der Waals surface area contributed by atoms with Gasteiger partial charge in [0, 0.05) is 4.70 Å². The van der Waals surface area contributed by atoms with Gasteiger partial charge < -0.3 is 14.6 Å². The van der Waals surface area contributed by atoms with Gasteiger partial charge in [0.15, 0.2) is 0 Å². The average molecular weight is 611 g/mol. The molecule has 10 heteroatoms. The van der Waals surface area contributed by atoms with Gasteiger partial charge in [0.2, 0.25) is 10.0 Å². The van der Waals surface area contributed by atoms with Crippen LogP contribution in [0.1, 0.15) is 62.0 Å². The Hall–Kier alpha value is -3.05. The van der Waals surface area contributed by atoms with Crippen LogP contribution in [0.4, 0.5) is 0 Å². The number of nitrogens with one attached hydrogen (secondary N) is 1. The van der Waals surface area contributed by atoms with Crippen molar-refractivity contribution in [2.75, 3.05) is 19.0 Å². The summed E-state index contributed by atoms with van der Waals surface area (Å²) in [5, 5.41) is 10.8. The second-order valence-electron chi connectivity index (χ2n) is 12.4. The van der Waals surface area contributed by atoms with E-state index in [0.717, 1.165) is 38.9 Å². The van der Waals surface area contributed by atoms with Crippen molar-refractivity contribution >= 4 is 48.3 Å². The molecule has 1 amide bonds. The number of sulfonamides is 1. The van der Waals surface area contributed by atoms with Gasteiger partial charge in [0.05, 0.1) is 57.2 Å². The van der Waals surface area contributed by atoms with Crippen LogP contribution >= 0.6 is 11.3 Å². The number of benzene rings is 2. The summed E-state index contributed by atoms with van der Waals surface area (Å²) in [7, 11) is -4.05. The number of carbonyl (C=O) groups excluding carboxylic acids is 1. The van der Waals surface area contributed by atoms with Crippen LogP contribution in [0.25, 0.3) is 31.6 Å². The fraction of sp³-hybridized carbons (Fsp3) is 0.438. The van der Waals surface area contributed by atoms with Gasteiger partial charge in [-0.15, -0.1) is 11.3 Å². The minimum absolute atomic E-state index is 0.153. The first-order valence-corrected chi connectivity index (χ1v) is 16.6. The van der Waals surface area contributed by atoms with Crippen molar-refractivity contribution in [3.63, 3.8) is 0 Å². The fourth-order valence-corrected chi connectivity index (χ4v) is 8.17. The van der Waals surface area contributed by atoms with Crippen LogP contribution in [0.2, 0.25) is 0 Å². The van der Waals surface area contributed by atoms with Crippen molar-refractivity contribution in [3.8, 4) is 16.3 Å². The molecule has 224 valence electrons. The SMILES string of the molecule is Cc1c(-c2cc(C(=O)NS(=O)(=O)CCO)c3c(OCC4CC(C)(C)OC(C)(C)C4)ccc(C)c3n2)sc2ccccc12. The minimum atomic E-state index is -4.05. The summed E-state index contributed by atoms with van der Waals surface area (Å²) in [5.41, 5.74) is 2.58. The molecular formula is C32H38N2O6S2. The molecule has 0 bridgehead atoms. The number of hydrogen-bond donors (Lipinski definition) is 2. The first-order valence-electron chi connectivity index (χ1n) is 14.1. The molecule has 4 aromatic rings. The molecular weight excluding hydrogens is 572 g/mol. The van der Waals surface area contributed by atoms with E-state index in [9.17, 15) is 18.3 Å². The van der Waals surface area contributed by atoms with Crippen molar-refractivity contribution < 1.29 is 27.8 Å². The number of pyridine rings is 1. The van der Waals surface area contributed by atoms with Crippen LogP contribution in [-0.2, 0) is 14.8 Å². The van der Waals surface area contributed by atoms with Gasteiger partial charge >= 0.3 is 0 Å². The lowest BCUT2D eigenvalue weighted by atomic mass is 9.81. The van der Waals surface area contributed by atoms with Crippen LogP contribution in [0.15, 0.2) is 42.5 Å². The summed E-state index contributed by atoms with van der Waals surface area (Å²) in [4.78, 5) is 19.6. The van der Waals surface area contributed by atoms with Gasteiger partial charge in [-0.1, -0.05) is 24.3 Å². The van der Waals surface area contributed by atoms with Crippen LogP contribution in [0.5, 0.6) is 5.75 Å². The van der Waals surface area contributed by atoms with Gasteiger partial charge in [0.1, 0.15) is 5.75 Å². The second-order valence-corrected chi connectivity index (χ2v) is 15.3. The Labute approximate surface area is 251 Å². The lowest BCUT2D eigenvalue weighted by molar-refractivity contribution is -0.175. The highest BCUT2D eigenvalue weighted by Crippen LogP contribution is 2.42. The Morgan fingerprint density at radius 2 is 1.81 bits per heavy atom. The molecule has 0 saturated carbocycles. The van der Waals surface area contributed by atoms with Gasteiger partial charge in [-0.25, -0.2) is 18.1 Å². The number of aryl methyl sites for hydroxylation is 2. The van der Waals surface area contributed by atoms with E-state index in [2.05, 4.69) is 38.5 Å². The lowest BCUT2D eigenvalue weighted by Gasteiger charge is -2.45. The second kappa shape index (κ2) is 11.2. The van der Waals surface area contributed by atoms with E-state index in [4.69, 9.17) is 14.5 Å². The largest absolute Gasteiger partial charge is 0.493 e. The fourth-order valence-electron chi connectivity index (χ4n) is 6.26. The van der Waals surface area contributed by atoms with E-state index in [0.29, 0.717) is 29.0 Å². The maximum absolute atomic E-state index is 13.7. The molecule has 0 unspecified atom stereocenters. The van der Waals surface area contributed by atoms with E-state index in [1.54, 1.807) is 17.4 Å². The summed E-state index contributed by atoms with van der Waals surface area (Å²) in [6.07, 6.45) is 1.64. The average Bonchev–Trinajstić information content (AvgIpc) is 3.22. The zero-order valence-corrected chi connectivity index (χ0v) is 26.5. The van der Waals surface area contributed by atoms with Crippen molar-refractivity contribution in [1.29, 1.82) is 0 Å².